The normalized spacial score (nSPS) is 12.1. The van der Waals surface area contributed by atoms with E-state index in [9.17, 15) is 5.11 Å². The summed E-state index contributed by atoms with van der Waals surface area (Å²) < 4.78 is 10.5. The van der Waals surface area contributed by atoms with Gasteiger partial charge in [-0.25, -0.2) is 9.97 Å². The number of nitrogens with zero attached hydrogens (tertiary/aromatic N) is 2. The first-order valence-corrected chi connectivity index (χ1v) is 6.30. The zero-order chi connectivity index (χ0) is 14.7. The Bertz CT molecular complexity index is 590. The van der Waals surface area contributed by atoms with Gasteiger partial charge in [0.05, 0.1) is 20.3 Å². The molecule has 1 aromatic heterocycles. The van der Waals surface area contributed by atoms with E-state index in [0.29, 0.717) is 17.3 Å². The maximum atomic E-state index is 9.61. The topological polar surface area (TPSA) is 64.5 Å². The number of aliphatic hydroxyl groups excluding tert-OH is 1. The Morgan fingerprint density at radius 3 is 2.15 bits per heavy atom. The summed E-state index contributed by atoms with van der Waals surface area (Å²) in [7, 11) is 3.20. The summed E-state index contributed by atoms with van der Waals surface area (Å²) in [6.07, 6.45) is 1.07. The predicted octanol–water partition coefficient (Wildman–Crippen LogP) is 2.52. The van der Waals surface area contributed by atoms with Gasteiger partial charge in [0, 0.05) is 29.1 Å². The molecule has 0 aliphatic carbocycles. The number of methoxy groups -OCH3 is 2. The molecule has 0 amide bonds. The van der Waals surface area contributed by atoms with Gasteiger partial charge >= 0.3 is 0 Å². The van der Waals surface area contributed by atoms with E-state index in [0.717, 1.165) is 16.8 Å². The van der Waals surface area contributed by atoms with Gasteiger partial charge in [0.15, 0.2) is 5.82 Å². The Balaban J connectivity index is 2.48. The van der Waals surface area contributed by atoms with Crippen molar-refractivity contribution in [1.82, 2.24) is 9.97 Å². The molecule has 5 heteroatoms. The van der Waals surface area contributed by atoms with Gasteiger partial charge in [0.25, 0.3) is 0 Å². The SMILES string of the molecule is COc1cc(OC)cc(-c2ncc([C@H](C)O)c(C)n2)c1. The number of aryl methyl sites for hydroxylation is 1. The molecule has 1 N–H and O–H groups in total. The van der Waals surface area contributed by atoms with Crippen LogP contribution >= 0.6 is 0 Å². The summed E-state index contributed by atoms with van der Waals surface area (Å²) in [5.41, 5.74) is 2.29. The third-order valence-corrected chi connectivity index (χ3v) is 3.08. The van der Waals surface area contributed by atoms with Gasteiger partial charge in [-0.3, -0.25) is 0 Å². The molecule has 2 aromatic rings. The molecule has 0 aliphatic rings. The number of aromatic nitrogens is 2. The zero-order valence-corrected chi connectivity index (χ0v) is 12.0. The highest BCUT2D eigenvalue weighted by Gasteiger charge is 2.11. The van der Waals surface area contributed by atoms with Crippen molar-refractivity contribution in [1.29, 1.82) is 0 Å². The highest BCUT2D eigenvalue weighted by Crippen LogP contribution is 2.28. The second-order valence-electron chi connectivity index (χ2n) is 4.51. The van der Waals surface area contributed by atoms with Crippen LogP contribution < -0.4 is 9.47 Å². The van der Waals surface area contributed by atoms with Gasteiger partial charge in [0.2, 0.25) is 0 Å². The molecule has 0 saturated carbocycles. The Morgan fingerprint density at radius 2 is 1.70 bits per heavy atom. The van der Waals surface area contributed by atoms with Crippen LogP contribution in [0.4, 0.5) is 0 Å². The van der Waals surface area contributed by atoms with Gasteiger partial charge in [0.1, 0.15) is 11.5 Å². The van der Waals surface area contributed by atoms with Crippen molar-refractivity contribution in [2.75, 3.05) is 14.2 Å². The molecule has 1 aromatic carbocycles. The van der Waals surface area contributed by atoms with Crippen molar-refractivity contribution < 1.29 is 14.6 Å². The summed E-state index contributed by atoms with van der Waals surface area (Å²) in [5, 5.41) is 9.61. The van der Waals surface area contributed by atoms with E-state index in [1.165, 1.54) is 0 Å². The van der Waals surface area contributed by atoms with Crippen LogP contribution in [-0.4, -0.2) is 29.3 Å². The second kappa shape index (κ2) is 5.88. The van der Waals surface area contributed by atoms with Crippen molar-refractivity contribution in [3.05, 3.63) is 35.7 Å². The summed E-state index contributed by atoms with van der Waals surface area (Å²) in [6.45, 7) is 3.55. The van der Waals surface area contributed by atoms with Crippen molar-refractivity contribution in [3.63, 3.8) is 0 Å². The minimum atomic E-state index is -0.580. The molecule has 1 heterocycles. The van der Waals surface area contributed by atoms with Crippen LogP contribution in [-0.2, 0) is 0 Å². The highest BCUT2D eigenvalue weighted by atomic mass is 16.5. The third-order valence-electron chi connectivity index (χ3n) is 3.08. The lowest BCUT2D eigenvalue weighted by Gasteiger charge is -2.11. The summed E-state index contributed by atoms with van der Waals surface area (Å²) in [6, 6.07) is 5.49. The maximum Gasteiger partial charge on any atom is 0.159 e. The Morgan fingerprint density at radius 1 is 1.10 bits per heavy atom. The van der Waals surface area contributed by atoms with Crippen molar-refractivity contribution in [2.45, 2.75) is 20.0 Å². The Hall–Kier alpha value is -2.14. The predicted molar refractivity (Wildman–Crippen MR) is 75.9 cm³/mol. The molecular weight excluding hydrogens is 256 g/mol. The Labute approximate surface area is 118 Å². The fraction of sp³-hybridized carbons (Fsp3) is 0.333. The quantitative estimate of drug-likeness (QED) is 0.928. The first-order valence-electron chi connectivity index (χ1n) is 6.30. The third kappa shape index (κ3) is 2.88. The van der Waals surface area contributed by atoms with Gasteiger partial charge < -0.3 is 14.6 Å². The molecule has 1 atom stereocenters. The van der Waals surface area contributed by atoms with Crippen LogP contribution in [0, 0.1) is 6.92 Å². The van der Waals surface area contributed by atoms with Crippen LogP contribution in [0.1, 0.15) is 24.3 Å². The van der Waals surface area contributed by atoms with Crippen molar-refractivity contribution >= 4 is 0 Å². The first kappa shape index (κ1) is 14.3. The van der Waals surface area contributed by atoms with Crippen LogP contribution in [0.15, 0.2) is 24.4 Å². The van der Waals surface area contributed by atoms with Gasteiger partial charge in [-0.1, -0.05) is 0 Å². The van der Waals surface area contributed by atoms with E-state index in [1.54, 1.807) is 33.4 Å². The maximum absolute atomic E-state index is 9.61. The number of benzene rings is 1. The molecule has 0 radical (unpaired) electrons. The molecule has 0 spiro atoms. The number of ether oxygens (including phenoxy) is 2. The fourth-order valence-electron chi connectivity index (χ4n) is 1.96. The number of rotatable bonds is 4. The Kier molecular flexibility index (Phi) is 4.20. The fourth-order valence-corrected chi connectivity index (χ4v) is 1.96. The average Bonchev–Trinajstić information content (AvgIpc) is 2.46. The highest BCUT2D eigenvalue weighted by molar-refractivity contribution is 5.61. The zero-order valence-electron chi connectivity index (χ0n) is 12.0. The molecular formula is C15H18N2O3. The second-order valence-corrected chi connectivity index (χ2v) is 4.51. The van der Waals surface area contributed by atoms with Crippen molar-refractivity contribution in [2.24, 2.45) is 0 Å². The number of hydrogen-bond donors (Lipinski definition) is 1. The van der Waals surface area contributed by atoms with Crippen LogP contribution in [0.2, 0.25) is 0 Å². The van der Waals surface area contributed by atoms with Gasteiger partial charge in [-0.15, -0.1) is 0 Å². The number of hydrogen-bond acceptors (Lipinski definition) is 5. The van der Waals surface area contributed by atoms with Gasteiger partial charge in [-0.05, 0) is 26.0 Å². The molecule has 20 heavy (non-hydrogen) atoms. The van der Waals surface area contributed by atoms with E-state index < -0.39 is 6.10 Å². The number of aliphatic hydroxyl groups is 1. The molecule has 0 bridgehead atoms. The van der Waals surface area contributed by atoms with Crippen LogP contribution in [0.25, 0.3) is 11.4 Å². The summed E-state index contributed by atoms with van der Waals surface area (Å²) in [5.74, 6) is 1.93. The minimum Gasteiger partial charge on any atom is -0.497 e. The molecule has 0 unspecified atom stereocenters. The molecule has 0 aliphatic heterocycles. The van der Waals surface area contributed by atoms with E-state index in [-0.39, 0.29) is 0 Å². The summed E-state index contributed by atoms with van der Waals surface area (Å²) in [4.78, 5) is 8.73. The monoisotopic (exact) mass is 274 g/mol. The van der Waals surface area contributed by atoms with E-state index >= 15 is 0 Å². The molecule has 2 rings (SSSR count). The van der Waals surface area contributed by atoms with Crippen LogP contribution in [0.3, 0.4) is 0 Å². The van der Waals surface area contributed by atoms with E-state index in [4.69, 9.17) is 9.47 Å². The van der Waals surface area contributed by atoms with Crippen LogP contribution in [0.5, 0.6) is 11.5 Å². The van der Waals surface area contributed by atoms with E-state index in [2.05, 4.69) is 9.97 Å². The first-order chi connectivity index (χ1) is 9.55. The molecule has 0 fully saturated rings. The molecule has 0 saturated heterocycles. The largest absolute Gasteiger partial charge is 0.497 e. The minimum absolute atomic E-state index is 0.573. The molecule has 5 nitrogen and oxygen atoms in total. The smallest absolute Gasteiger partial charge is 0.159 e. The average molecular weight is 274 g/mol. The summed E-state index contributed by atoms with van der Waals surface area (Å²) >= 11 is 0. The lowest BCUT2D eigenvalue weighted by atomic mass is 10.1. The van der Waals surface area contributed by atoms with Crippen molar-refractivity contribution in [3.8, 4) is 22.9 Å². The van der Waals surface area contributed by atoms with Gasteiger partial charge in [-0.2, -0.15) is 0 Å². The lowest BCUT2D eigenvalue weighted by Crippen LogP contribution is -2.01. The lowest BCUT2D eigenvalue weighted by molar-refractivity contribution is 0.197. The standard InChI is InChI=1S/C15H18N2O3/c1-9-14(10(2)18)8-16-15(17-9)11-5-12(19-3)7-13(6-11)20-4/h5-8,10,18H,1-4H3/t10-/m0/s1. The molecule has 106 valence electrons. The van der Waals surface area contributed by atoms with E-state index in [1.807, 2.05) is 19.1 Å².